The van der Waals surface area contributed by atoms with Crippen LogP contribution in [0.2, 0.25) is 0 Å². The van der Waals surface area contributed by atoms with Crippen LogP contribution in [0.5, 0.6) is 0 Å². The summed E-state index contributed by atoms with van der Waals surface area (Å²) in [5.41, 5.74) is 0.636. The van der Waals surface area contributed by atoms with E-state index in [-0.39, 0.29) is 0 Å². The van der Waals surface area contributed by atoms with Gasteiger partial charge in [-0.1, -0.05) is 0 Å². The molecule has 11 nitrogen and oxygen atoms in total. The number of aliphatic carboxylic acids is 2. The van der Waals surface area contributed by atoms with E-state index in [2.05, 4.69) is 4.99 Å². The topological polar surface area (TPSA) is 196 Å². The van der Waals surface area contributed by atoms with Crippen LogP contribution < -0.4 is 11.6 Å². The number of carbonyl (C=O) groups is 4. The van der Waals surface area contributed by atoms with Crippen molar-refractivity contribution in [2.24, 2.45) is 16.6 Å². The monoisotopic (exact) mass is 258 g/mol. The Balaban J connectivity index is 3.69. The van der Waals surface area contributed by atoms with Gasteiger partial charge in [-0.05, 0) is 0 Å². The first-order valence-electron chi connectivity index (χ1n) is 4.14. The number of carboxylic acid groups (broad SMARTS) is 2. The molecule has 0 saturated carbocycles. The average molecular weight is 258 g/mol. The molecule has 2 amide bonds. The van der Waals surface area contributed by atoms with E-state index < -0.39 is 45.6 Å². The third-order valence-electron chi connectivity index (χ3n) is 1.92. The number of primary amides is 1. The van der Waals surface area contributed by atoms with E-state index in [9.17, 15) is 24.4 Å². The number of hydrogen-bond acceptors (Lipinski definition) is 7. The zero-order valence-corrected chi connectivity index (χ0v) is 8.48. The largest absolute Gasteiger partial charge is 0.599 e. The highest BCUT2D eigenvalue weighted by Crippen LogP contribution is 2.22. The molecular formula is C7H6N4O7. The van der Waals surface area contributed by atoms with E-state index in [1.807, 2.05) is 0 Å². The Hall–Kier alpha value is -2.63. The maximum Gasteiger partial charge on any atom is 0.395 e. The second-order valence-electron chi connectivity index (χ2n) is 3.10. The third-order valence-corrected chi connectivity index (χ3v) is 1.92. The lowest BCUT2D eigenvalue weighted by Crippen LogP contribution is -2.61. The first kappa shape index (κ1) is 13.4. The Morgan fingerprint density at radius 2 is 1.72 bits per heavy atom. The van der Waals surface area contributed by atoms with Crippen molar-refractivity contribution in [3.05, 3.63) is 16.6 Å². The molecule has 1 aliphatic heterocycles. The summed E-state index contributed by atoms with van der Waals surface area (Å²) >= 11 is 0. The maximum atomic E-state index is 11.6. The van der Waals surface area contributed by atoms with Crippen LogP contribution in [0.15, 0.2) is 16.4 Å². The van der Waals surface area contributed by atoms with Gasteiger partial charge in [0.2, 0.25) is 11.4 Å². The summed E-state index contributed by atoms with van der Waals surface area (Å²) in [5, 5.41) is 29.0. The minimum Gasteiger partial charge on any atom is -0.599 e. The molecule has 0 bridgehead atoms. The van der Waals surface area contributed by atoms with Crippen LogP contribution in [-0.2, 0) is 19.2 Å². The Bertz CT molecular complexity index is 544. The number of hydrogen-bond donors (Lipinski definition) is 4. The van der Waals surface area contributed by atoms with E-state index in [0.29, 0.717) is 0 Å². The molecule has 1 aliphatic rings. The molecule has 0 aromatic rings. The Labute approximate surface area is 97.7 Å². The van der Waals surface area contributed by atoms with Crippen LogP contribution in [0.3, 0.4) is 0 Å². The predicted molar refractivity (Wildman–Crippen MR) is 51.7 cm³/mol. The van der Waals surface area contributed by atoms with Crippen LogP contribution in [0.25, 0.3) is 0 Å². The standard InChI is InChI=1S/C7H6N4O7/c8-4(12)2-5(13)11(9,18)3(7(16)17)1(10-2)6(14)15/h9H2,(H2,8,12)(H,14,15)(H,16,17)/t11-/m0/s1. The molecule has 0 aromatic carbocycles. The Morgan fingerprint density at radius 1 is 1.22 bits per heavy atom. The van der Waals surface area contributed by atoms with Crippen molar-refractivity contribution in [2.75, 3.05) is 0 Å². The minimum atomic E-state index is -2.71. The van der Waals surface area contributed by atoms with E-state index in [1.54, 1.807) is 0 Å². The fourth-order valence-electron chi connectivity index (χ4n) is 1.18. The summed E-state index contributed by atoms with van der Waals surface area (Å²) < 4.78 is -2.71. The van der Waals surface area contributed by atoms with Crippen LogP contribution in [0.4, 0.5) is 0 Å². The Morgan fingerprint density at radius 3 is 2.06 bits per heavy atom. The highest BCUT2D eigenvalue weighted by Gasteiger charge is 2.48. The molecule has 1 heterocycles. The van der Waals surface area contributed by atoms with Gasteiger partial charge in [0.05, 0.1) is 0 Å². The number of quaternary nitrogens is 1. The third kappa shape index (κ3) is 1.84. The molecule has 11 heteroatoms. The molecular weight excluding hydrogens is 252 g/mol. The molecule has 6 N–H and O–H groups in total. The van der Waals surface area contributed by atoms with E-state index >= 15 is 0 Å². The highest BCUT2D eigenvalue weighted by molar-refractivity contribution is 6.64. The summed E-state index contributed by atoms with van der Waals surface area (Å²) in [6.07, 6.45) is 0. The van der Waals surface area contributed by atoms with Crippen LogP contribution in [0, 0.1) is 5.21 Å². The van der Waals surface area contributed by atoms with Gasteiger partial charge in [0.25, 0.3) is 11.6 Å². The van der Waals surface area contributed by atoms with Gasteiger partial charge in [-0.15, -0.1) is 0 Å². The van der Waals surface area contributed by atoms with E-state index in [0.717, 1.165) is 0 Å². The highest BCUT2D eigenvalue weighted by atomic mass is 16.6. The molecule has 0 saturated heterocycles. The molecule has 96 valence electrons. The molecule has 0 radical (unpaired) electrons. The number of hydroxylamine groups is 2. The molecule has 0 spiro atoms. The quantitative estimate of drug-likeness (QED) is 0.178. The molecule has 1 atom stereocenters. The minimum absolute atomic E-state index is 1.23. The van der Waals surface area contributed by atoms with Gasteiger partial charge in [0, 0.05) is 0 Å². The summed E-state index contributed by atoms with van der Waals surface area (Å²) in [7, 11) is 0. The lowest BCUT2D eigenvalue weighted by Gasteiger charge is -2.34. The zero-order chi connectivity index (χ0) is 14.2. The number of carbonyl (C=O) groups excluding carboxylic acids is 2. The van der Waals surface area contributed by atoms with Crippen LogP contribution in [0.1, 0.15) is 0 Å². The van der Waals surface area contributed by atoms with Crippen molar-refractivity contribution in [1.29, 1.82) is 0 Å². The fourth-order valence-corrected chi connectivity index (χ4v) is 1.18. The van der Waals surface area contributed by atoms with Crippen molar-refractivity contribution in [3.8, 4) is 0 Å². The van der Waals surface area contributed by atoms with Crippen LogP contribution in [-0.4, -0.2) is 44.4 Å². The van der Waals surface area contributed by atoms with Gasteiger partial charge >= 0.3 is 17.8 Å². The van der Waals surface area contributed by atoms with Crippen molar-refractivity contribution in [2.45, 2.75) is 0 Å². The second kappa shape index (κ2) is 3.99. The lowest BCUT2D eigenvalue weighted by atomic mass is 10.2. The SMILES string of the molecule is NC(=O)C1=NC(C(=O)O)=C(C(=O)O)[N@+](N)([O-])C1=O. The summed E-state index contributed by atoms with van der Waals surface area (Å²) in [5.74, 6) is -2.38. The summed E-state index contributed by atoms with van der Waals surface area (Å²) in [4.78, 5) is 46.6. The number of amides is 2. The van der Waals surface area contributed by atoms with Gasteiger partial charge < -0.3 is 21.2 Å². The number of aliphatic imine (C=N–C) groups is 1. The molecule has 0 aromatic heterocycles. The molecule has 1 rings (SSSR count). The maximum absolute atomic E-state index is 11.6. The molecule has 18 heavy (non-hydrogen) atoms. The predicted octanol–water partition coefficient (Wildman–Crippen LogP) is -2.98. The molecule has 0 unspecified atom stereocenters. The van der Waals surface area contributed by atoms with Gasteiger partial charge in [-0.3, -0.25) is 4.79 Å². The molecule has 0 fully saturated rings. The molecule has 0 aliphatic carbocycles. The van der Waals surface area contributed by atoms with Gasteiger partial charge in [0.1, 0.15) is 0 Å². The fraction of sp³-hybridized carbons (Fsp3) is 0. The lowest BCUT2D eigenvalue weighted by molar-refractivity contribution is -0.768. The Kier molecular flexibility index (Phi) is 2.98. The number of nitrogens with zero attached hydrogens (tertiary/aromatic N) is 2. The first-order valence-corrected chi connectivity index (χ1v) is 4.14. The summed E-state index contributed by atoms with van der Waals surface area (Å²) in [6.45, 7) is 0. The van der Waals surface area contributed by atoms with Crippen molar-refractivity contribution < 1.29 is 34.1 Å². The van der Waals surface area contributed by atoms with E-state index in [1.165, 1.54) is 0 Å². The zero-order valence-electron chi connectivity index (χ0n) is 8.48. The second-order valence-corrected chi connectivity index (χ2v) is 3.10. The number of rotatable bonds is 3. The van der Waals surface area contributed by atoms with Gasteiger partial charge in [0.15, 0.2) is 0 Å². The summed E-state index contributed by atoms with van der Waals surface area (Å²) in [6, 6.07) is 0. The normalized spacial score (nSPS) is 23.7. The average Bonchev–Trinajstić information content (AvgIpc) is 2.19. The first-order chi connectivity index (χ1) is 8.10. The van der Waals surface area contributed by atoms with Crippen molar-refractivity contribution >= 4 is 29.5 Å². The van der Waals surface area contributed by atoms with Crippen molar-refractivity contribution in [3.63, 3.8) is 0 Å². The number of nitrogens with two attached hydrogens (primary N) is 2. The van der Waals surface area contributed by atoms with E-state index in [4.69, 9.17) is 21.8 Å². The van der Waals surface area contributed by atoms with Gasteiger partial charge in [-0.25, -0.2) is 19.4 Å². The van der Waals surface area contributed by atoms with Gasteiger partial charge in [-0.2, -0.15) is 10.6 Å². The number of carboxylic acids is 2. The van der Waals surface area contributed by atoms with Crippen LogP contribution >= 0.6 is 0 Å². The van der Waals surface area contributed by atoms with Crippen molar-refractivity contribution in [1.82, 2.24) is 0 Å². The smallest absolute Gasteiger partial charge is 0.395 e.